The van der Waals surface area contributed by atoms with E-state index in [9.17, 15) is 28.0 Å². The van der Waals surface area contributed by atoms with E-state index < -0.39 is 24.2 Å². The summed E-state index contributed by atoms with van der Waals surface area (Å²) in [4.78, 5) is 12.9. The molecule has 1 atom stereocenters. The summed E-state index contributed by atoms with van der Waals surface area (Å²) in [6.45, 7) is 0.356. The van der Waals surface area contributed by atoms with Crippen LogP contribution in [0.1, 0.15) is 45.8 Å². The van der Waals surface area contributed by atoms with Gasteiger partial charge in [0.15, 0.2) is 0 Å². The molecule has 3 aromatic carbocycles. The van der Waals surface area contributed by atoms with Gasteiger partial charge in [-0.15, -0.1) is 0 Å². The maximum atomic E-state index is 13.6. The van der Waals surface area contributed by atoms with E-state index in [-0.39, 0.29) is 24.9 Å². The van der Waals surface area contributed by atoms with Gasteiger partial charge in [-0.05, 0) is 83.7 Å². The maximum absolute atomic E-state index is 13.6. The van der Waals surface area contributed by atoms with Gasteiger partial charge in [0, 0.05) is 42.4 Å². The number of nitrogens with one attached hydrogen (secondary N) is 1. The Bertz CT molecular complexity index is 1520. The van der Waals surface area contributed by atoms with Gasteiger partial charge < -0.3 is 24.3 Å². The van der Waals surface area contributed by atoms with E-state index in [1.807, 2.05) is 6.07 Å². The number of carbonyl (C=O) groups excluding carboxylic acids is 1. The van der Waals surface area contributed by atoms with Gasteiger partial charge >= 0.3 is 7.12 Å². The molecule has 202 valence electrons. The standard InChI is InChI=1S/C28H28BFN2O6S/c1-31-28(33)26-24-15-23(18-4-5-18)20(14-25(24)38-27(26)19-6-10-22(30)11-7-19)16-32(39(36)37)13-12-17-2-8-21(9-3-17)29(34)35/h2-3,6-11,14-15,18,34-35H,4-5,12-13,16H2,1H3,(H,31,33)(H,36,37)/p-1. The lowest BCUT2D eigenvalue weighted by atomic mass is 9.80. The predicted octanol–water partition coefficient (Wildman–Crippen LogP) is 2.99. The maximum Gasteiger partial charge on any atom is 0.488 e. The van der Waals surface area contributed by atoms with Crippen LogP contribution >= 0.6 is 0 Å². The summed E-state index contributed by atoms with van der Waals surface area (Å²) in [7, 11) is -0.0262. The highest BCUT2D eigenvalue weighted by atomic mass is 32.2. The zero-order chi connectivity index (χ0) is 27.7. The van der Waals surface area contributed by atoms with Crippen molar-refractivity contribution in [1.82, 2.24) is 9.62 Å². The average Bonchev–Trinajstić information content (AvgIpc) is 3.71. The number of amides is 1. The smallest absolute Gasteiger partial charge is 0.488 e. The molecule has 4 aromatic rings. The van der Waals surface area contributed by atoms with E-state index >= 15 is 0 Å². The Balaban J connectivity index is 1.49. The molecule has 0 saturated heterocycles. The van der Waals surface area contributed by atoms with Crippen LogP contribution in [0.4, 0.5) is 4.39 Å². The van der Waals surface area contributed by atoms with Gasteiger partial charge in [-0.3, -0.25) is 9.00 Å². The molecule has 1 heterocycles. The fraction of sp³-hybridized carbons (Fsp3) is 0.250. The largest absolute Gasteiger partial charge is 0.760 e. The molecule has 39 heavy (non-hydrogen) atoms. The van der Waals surface area contributed by atoms with Crippen LogP contribution < -0.4 is 10.8 Å². The number of carbonyl (C=O) groups is 1. The molecule has 0 radical (unpaired) electrons. The van der Waals surface area contributed by atoms with Crippen LogP contribution in [0.15, 0.2) is 65.1 Å². The van der Waals surface area contributed by atoms with Crippen molar-refractivity contribution in [2.45, 2.75) is 31.7 Å². The number of halogens is 1. The average molecular weight is 549 g/mol. The van der Waals surface area contributed by atoms with Crippen molar-refractivity contribution in [3.8, 4) is 11.3 Å². The lowest BCUT2D eigenvalue weighted by Crippen LogP contribution is -2.30. The highest BCUT2D eigenvalue weighted by Crippen LogP contribution is 2.45. The number of fused-ring (bicyclic) bond motifs is 1. The molecule has 0 bridgehead atoms. The van der Waals surface area contributed by atoms with E-state index in [0.717, 1.165) is 29.5 Å². The minimum absolute atomic E-state index is 0.132. The highest BCUT2D eigenvalue weighted by Gasteiger charge is 2.30. The summed E-state index contributed by atoms with van der Waals surface area (Å²) < 4.78 is 45.4. The summed E-state index contributed by atoms with van der Waals surface area (Å²) in [5, 5.41) is 21.8. The third-order valence-corrected chi connectivity index (χ3v) is 7.75. The minimum Gasteiger partial charge on any atom is -0.760 e. The Morgan fingerprint density at radius 3 is 2.44 bits per heavy atom. The number of rotatable bonds is 10. The molecule has 0 aliphatic heterocycles. The van der Waals surface area contributed by atoms with Crippen molar-refractivity contribution in [2.75, 3.05) is 13.6 Å². The quantitative estimate of drug-likeness (QED) is 0.206. The van der Waals surface area contributed by atoms with Gasteiger partial charge in [0.1, 0.15) is 17.2 Å². The molecule has 5 rings (SSSR count). The van der Waals surface area contributed by atoms with Crippen molar-refractivity contribution in [3.05, 3.63) is 88.7 Å². The molecule has 3 N–H and O–H groups in total. The summed E-state index contributed by atoms with van der Waals surface area (Å²) in [5.74, 6) is -0.138. The lowest BCUT2D eigenvalue weighted by molar-refractivity contribution is 0.0964. The molecule has 1 aromatic heterocycles. The van der Waals surface area contributed by atoms with E-state index in [2.05, 4.69) is 5.32 Å². The van der Waals surface area contributed by atoms with Crippen LogP contribution in [0, 0.1) is 5.82 Å². The van der Waals surface area contributed by atoms with E-state index in [1.165, 1.54) is 23.5 Å². The second-order valence-electron chi connectivity index (χ2n) is 9.66. The van der Waals surface area contributed by atoms with Crippen molar-refractivity contribution < 1.29 is 32.4 Å². The first kappa shape index (κ1) is 27.2. The molecule has 0 spiro atoms. The number of benzene rings is 3. The van der Waals surface area contributed by atoms with Crippen molar-refractivity contribution in [3.63, 3.8) is 0 Å². The van der Waals surface area contributed by atoms with Gasteiger partial charge in [-0.1, -0.05) is 24.3 Å². The molecule has 1 amide bonds. The predicted molar refractivity (Wildman–Crippen MR) is 146 cm³/mol. The second-order valence-corrected chi connectivity index (χ2v) is 10.6. The minimum atomic E-state index is -2.49. The van der Waals surface area contributed by atoms with Gasteiger partial charge in [-0.25, -0.2) is 8.70 Å². The third kappa shape index (κ3) is 5.97. The van der Waals surface area contributed by atoms with Crippen molar-refractivity contribution >= 4 is 40.7 Å². The first-order valence-electron chi connectivity index (χ1n) is 12.6. The SMILES string of the molecule is CNC(=O)c1c(-c2ccc(F)cc2)oc2cc(CN(CCc3ccc(B(O)O)cc3)S(=O)[O-])c(C3CC3)cc12. The molecule has 1 aliphatic carbocycles. The first-order chi connectivity index (χ1) is 18.7. The molecular weight excluding hydrogens is 522 g/mol. The summed E-state index contributed by atoms with van der Waals surface area (Å²) in [6.07, 6.45) is 2.38. The Morgan fingerprint density at radius 1 is 1.15 bits per heavy atom. The topological polar surface area (TPSA) is 126 Å². The normalized spacial score (nSPS) is 14.1. The van der Waals surface area contributed by atoms with E-state index in [4.69, 9.17) is 4.42 Å². The van der Waals surface area contributed by atoms with E-state index in [0.29, 0.717) is 39.7 Å². The van der Waals surface area contributed by atoms with Crippen molar-refractivity contribution in [2.24, 2.45) is 0 Å². The number of nitrogens with zero attached hydrogens (tertiary/aromatic N) is 1. The summed E-state index contributed by atoms with van der Waals surface area (Å²) >= 11 is -2.49. The number of hydrogen-bond donors (Lipinski definition) is 3. The zero-order valence-corrected chi connectivity index (χ0v) is 22.0. The van der Waals surface area contributed by atoms with Crippen LogP contribution in [0.3, 0.4) is 0 Å². The van der Waals surface area contributed by atoms with Crippen LogP contribution in [-0.4, -0.2) is 49.7 Å². The van der Waals surface area contributed by atoms with E-state index in [1.54, 1.807) is 42.5 Å². The molecule has 1 aliphatic rings. The van der Waals surface area contributed by atoms with Gasteiger partial charge in [-0.2, -0.15) is 0 Å². The van der Waals surface area contributed by atoms with Gasteiger partial charge in [0.2, 0.25) is 0 Å². The van der Waals surface area contributed by atoms with Crippen LogP contribution in [-0.2, 0) is 24.2 Å². The highest BCUT2D eigenvalue weighted by molar-refractivity contribution is 7.76. The Morgan fingerprint density at radius 2 is 1.85 bits per heavy atom. The fourth-order valence-electron chi connectivity index (χ4n) is 4.77. The molecule has 1 unspecified atom stereocenters. The van der Waals surface area contributed by atoms with Gasteiger partial charge in [0.05, 0.1) is 5.56 Å². The monoisotopic (exact) mass is 549 g/mol. The third-order valence-electron chi connectivity index (χ3n) is 7.01. The van der Waals surface area contributed by atoms with Gasteiger partial charge in [0.25, 0.3) is 5.91 Å². The molecule has 11 heteroatoms. The molecule has 1 fully saturated rings. The Kier molecular flexibility index (Phi) is 7.97. The lowest BCUT2D eigenvalue weighted by Gasteiger charge is -2.25. The zero-order valence-electron chi connectivity index (χ0n) is 21.2. The molecular formula is C28H27BFN2O6S-. The molecule has 8 nitrogen and oxygen atoms in total. The summed E-state index contributed by atoms with van der Waals surface area (Å²) in [5.41, 5.74) is 4.36. The second kappa shape index (κ2) is 11.4. The van der Waals surface area contributed by atoms with Crippen LogP contribution in [0.25, 0.3) is 22.3 Å². The number of hydrogen-bond acceptors (Lipinski definition) is 6. The van der Waals surface area contributed by atoms with Crippen LogP contribution in [0.5, 0.6) is 0 Å². The fourth-order valence-corrected chi connectivity index (χ4v) is 5.26. The van der Waals surface area contributed by atoms with Crippen molar-refractivity contribution in [1.29, 1.82) is 0 Å². The molecule has 1 saturated carbocycles. The van der Waals surface area contributed by atoms with Crippen LogP contribution in [0.2, 0.25) is 0 Å². The number of furan rings is 1. The Hall–Kier alpha value is -3.35. The Labute approximate surface area is 228 Å². The summed E-state index contributed by atoms with van der Waals surface area (Å²) in [6, 6.07) is 16.1. The first-order valence-corrected chi connectivity index (χ1v) is 13.6.